The maximum absolute atomic E-state index is 5.93. The minimum atomic E-state index is 0.279. The number of nitrogens with one attached hydrogen (secondary N) is 1. The van der Waals surface area contributed by atoms with E-state index in [4.69, 9.17) is 11.6 Å². The van der Waals surface area contributed by atoms with Crippen LogP contribution in [0.2, 0.25) is 5.28 Å². The van der Waals surface area contributed by atoms with E-state index in [1.54, 1.807) is 11.3 Å². The average molecular weight is 290 g/mol. The van der Waals surface area contributed by atoms with Crippen molar-refractivity contribution in [3.63, 3.8) is 0 Å². The molecular weight excluding hydrogens is 278 g/mol. The molecule has 2 heterocycles. The lowest BCUT2D eigenvalue weighted by atomic mass is 10.1. The van der Waals surface area contributed by atoms with Crippen molar-refractivity contribution in [3.05, 3.63) is 52.1 Å². The van der Waals surface area contributed by atoms with Crippen LogP contribution in [0.5, 0.6) is 0 Å². The first kappa shape index (κ1) is 12.4. The van der Waals surface area contributed by atoms with Crippen molar-refractivity contribution in [3.8, 4) is 0 Å². The maximum atomic E-state index is 5.93. The maximum Gasteiger partial charge on any atom is 0.225 e. The van der Waals surface area contributed by atoms with Crippen LogP contribution in [0.4, 0.5) is 5.82 Å². The number of aromatic nitrogens is 2. The molecule has 3 rings (SSSR count). The summed E-state index contributed by atoms with van der Waals surface area (Å²) in [4.78, 5) is 9.36. The molecule has 19 heavy (non-hydrogen) atoms. The molecule has 0 aliphatic rings. The van der Waals surface area contributed by atoms with E-state index in [9.17, 15) is 0 Å². The molecule has 1 aromatic carbocycles. The zero-order valence-corrected chi connectivity index (χ0v) is 11.9. The van der Waals surface area contributed by atoms with Gasteiger partial charge < -0.3 is 5.32 Å². The lowest BCUT2D eigenvalue weighted by Gasteiger charge is -2.07. The largest absolute Gasteiger partial charge is 0.365 e. The van der Waals surface area contributed by atoms with Crippen LogP contribution < -0.4 is 5.32 Å². The molecule has 0 unspecified atom stereocenters. The number of hydrogen-bond donors (Lipinski definition) is 1. The highest BCUT2D eigenvalue weighted by molar-refractivity contribution is 7.16. The van der Waals surface area contributed by atoms with Gasteiger partial charge in [-0.1, -0.05) is 29.8 Å². The second-order valence-corrected chi connectivity index (χ2v) is 5.55. The van der Waals surface area contributed by atoms with Crippen LogP contribution in [0.1, 0.15) is 11.1 Å². The third kappa shape index (κ3) is 2.69. The standard InChI is InChI=1S/C14H12ClN3S/c1-9-2-4-10(5-3-9)8-16-12-11-6-7-19-13(11)18-14(15)17-12/h2-7H,8H2,1H3,(H,16,17,18). The second kappa shape index (κ2) is 5.15. The van der Waals surface area contributed by atoms with Gasteiger partial charge in [-0.05, 0) is 35.5 Å². The highest BCUT2D eigenvalue weighted by Gasteiger charge is 2.07. The van der Waals surface area contributed by atoms with Gasteiger partial charge in [-0.15, -0.1) is 11.3 Å². The number of fused-ring (bicyclic) bond motifs is 1. The van der Waals surface area contributed by atoms with Gasteiger partial charge in [0.2, 0.25) is 5.28 Å². The molecule has 3 aromatic rings. The summed E-state index contributed by atoms with van der Waals surface area (Å²) in [7, 11) is 0. The topological polar surface area (TPSA) is 37.8 Å². The number of halogens is 1. The van der Waals surface area contributed by atoms with Crippen molar-refractivity contribution in [1.82, 2.24) is 9.97 Å². The lowest BCUT2D eigenvalue weighted by Crippen LogP contribution is -2.02. The molecule has 0 fully saturated rings. The van der Waals surface area contributed by atoms with Crippen molar-refractivity contribution in [2.75, 3.05) is 5.32 Å². The summed E-state index contributed by atoms with van der Waals surface area (Å²) in [5, 5.41) is 6.61. The van der Waals surface area contributed by atoms with Gasteiger partial charge in [-0.3, -0.25) is 0 Å². The smallest absolute Gasteiger partial charge is 0.225 e. The SMILES string of the molecule is Cc1ccc(CNc2nc(Cl)nc3sccc23)cc1. The molecule has 0 saturated carbocycles. The highest BCUT2D eigenvalue weighted by atomic mass is 35.5. The van der Waals surface area contributed by atoms with Gasteiger partial charge in [0, 0.05) is 6.54 Å². The Bertz CT molecular complexity index is 706. The first-order valence-electron chi connectivity index (χ1n) is 5.92. The molecule has 0 bridgehead atoms. The number of nitrogens with zero attached hydrogens (tertiary/aromatic N) is 2. The molecule has 0 atom stereocenters. The lowest BCUT2D eigenvalue weighted by molar-refractivity contribution is 1.10. The second-order valence-electron chi connectivity index (χ2n) is 4.32. The molecule has 0 saturated heterocycles. The first-order valence-corrected chi connectivity index (χ1v) is 7.18. The zero-order chi connectivity index (χ0) is 13.2. The summed E-state index contributed by atoms with van der Waals surface area (Å²) in [6.45, 7) is 2.80. The van der Waals surface area contributed by atoms with Gasteiger partial charge in [0.05, 0.1) is 5.39 Å². The summed E-state index contributed by atoms with van der Waals surface area (Å²) in [6, 6.07) is 10.4. The van der Waals surface area contributed by atoms with Crippen LogP contribution in [0.15, 0.2) is 35.7 Å². The Hall–Kier alpha value is -1.65. The van der Waals surface area contributed by atoms with E-state index in [2.05, 4.69) is 46.5 Å². The molecule has 1 N–H and O–H groups in total. The van der Waals surface area contributed by atoms with Crippen molar-refractivity contribution < 1.29 is 0 Å². The number of hydrogen-bond acceptors (Lipinski definition) is 4. The molecule has 0 radical (unpaired) electrons. The minimum absolute atomic E-state index is 0.279. The number of thiophene rings is 1. The summed E-state index contributed by atoms with van der Waals surface area (Å²) >= 11 is 7.49. The average Bonchev–Trinajstić information content (AvgIpc) is 2.85. The molecule has 0 aliphatic heterocycles. The van der Waals surface area contributed by atoms with Crippen LogP contribution in [-0.2, 0) is 6.54 Å². The number of anilines is 1. The Kier molecular flexibility index (Phi) is 3.36. The third-order valence-corrected chi connectivity index (χ3v) is 3.85. The molecule has 5 heteroatoms. The van der Waals surface area contributed by atoms with E-state index in [1.165, 1.54) is 11.1 Å². The van der Waals surface area contributed by atoms with Crippen molar-refractivity contribution in [2.24, 2.45) is 0 Å². The van der Waals surface area contributed by atoms with Gasteiger partial charge in [0.1, 0.15) is 10.6 Å². The van der Waals surface area contributed by atoms with Crippen molar-refractivity contribution >= 4 is 39.0 Å². The quantitative estimate of drug-likeness (QED) is 0.732. The summed E-state index contributed by atoms with van der Waals surface area (Å²) < 4.78 is 0. The van der Waals surface area contributed by atoms with Gasteiger partial charge >= 0.3 is 0 Å². The number of rotatable bonds is 3. The Morgan fingerprint density at radius 2 is 1.95 bits per heavy atom. The fraction of sp³-hybridized carbons (Fsp3) is 0.143. The fourth-order valence-electron chi connectivity index (χ4n) is 1.86. The van der Waals surface area contributed by atoms with Crippen molar-refractivity contribution in [1.29, 1.82) is 0 Å². The molecule has 0 spiro atoms. The van der Waals surface area contributed by atoms with Crippen LogP contribution in [0, 0.1) is 6.92 Å². The van der Waals surface area contributed by atoms with E-state index in [1.807, 2.05) is 11.4 Å². The predicted molar refractivity (Wildman–Crippen MR) is 80.9 cm³/mol. The Labute approximate surface area is 120 Å². The van der Waals surface area contributed by atoms with E-state index < -0.39 is 0 Å². The number of aryl methyl sites for hydroxylation is 1. The Morgan fingerprint density at radius 3 is 2.74 bits per heavy atom. The third-order valence-electron chi connectivity index (χ3n) is 2.88. The van der Waals surface area contributed by atoms with E-state index in [-0.39, 0.29) is 5.28 Å². The normalized spacial score (nSPS) is 10.8. The minimum Gasteiger partial charge on any atom is -0.365 e. The van der Waals surface area contributed by atoms with Gasteiger partial charge in [0.15, 0.2) is 0 Å². The van der Waals surface area contributed by atoms with Gasteiger partial charge in [0.25, 0.3) is 0 Å². The first-order chi connectivity index (χ1) is 9.22. The summed E-state index contributed by atoms with van der Waals surface area (Å²) in [5.74, 6) is 0.789. The Balaban J connectivity index is 1.85. The zero-order valence-electron chi connectivity index (χ0n) is 10.4. The Morgan fingerprint density at radius 1 is 1.16 bits per heavy atom. The summed E-state index contributed by atoms with van der Waals surface area (Å²) in [6.07, 6.45) is 0. The van der Waals surface area contributed by atoms with Gasteiger partial charge in [-0.2, -0.15) is 0 Å². The van der Waals surface area contributed by atoms with Crippen molar-refractivity contribution in [2.45, 2.75) is 13.5 Å². The molecule has 0 amide bonds. The van der Waals surface area contributed by atoms with Crippen LogP contribution in [0.25, 0.3) is 10.2 Å². The predicted octanol–water partition coefficient (Wildman–Crippen LogP) is 4.27. The molecular formula is C14H12ClN3S. The fourth-order valence-corrected chi connectivity index (χ4v) is 2.84. The summed E-state index contributed by atoms with van der Waals surface area (Å²) in [5.41, 5.74) is 2.47. The molecule has 0 aliphatic carbocycles. The van der Waals surface area contributed by atoms with Gasteiger partial charge in [-0.25, -0.2) is 9.97 Å². The number of benzene rings is 1. The monoisotopic (exact) mass is 289 g/mol. The van der Waals surface area contributed by atoms with Crippen LogP contribution >= 0.6 is 22.9 Å². The van der Waals surface area contributed by atoms with Crippen LogP contribution in [0.3, 0.4) is 0 Å². The highest BCUT2D eigenvalue weighted by Crippen LogP contribution is 2.26. The molecule has 3 nitrogen and oxygen atoms in total. The van der Waals surface area contributed by atoms with E-state index in [0.29, 0.717) is 0 Å². The van der Waals surface area contributed by atoms with E-state index in [0.717, 1.165) is 22.6 Å². The van der Waals surface area contributed by atoms with Crippen LogP contribution in [-0.4, -0.2) is 9.97 Å². The molecule has 96 valence electrons. The van der Waals surface area contributed by atoms with E-state index >= 15 is 0 Å². The molecule has 2 aromatic heterocycles.